The fraction of sp³-hybridized carbons (Fsp3) is 0.409. The van der Waals surface area contributed by atoms with Crippen LogP contribution in [0.4, 0.5) is 4.79 Å². The van der Waals surface area contributed by atoms with Crippen LogP contribution in [0.5, 0.6) is 0 Å². The van der Waals surface area contributed by atoms with Crippen molar-refractivity contribution in [2.75, 3.05) is 32.8 Å². The molecule has 1 heterocycles. The summed E-state index contributed by atoms with van der Waals surface area (Å²) in [5.74, 6) is 0. The minimum Gasteiger partial charge on any atom is -0.450 e. The first-order valence-electron chi connectivity index (χ1n) is 9.37. The van der Waals surface area contributed by atoms with Gasteiger partial charge in [-0.05, 0) is 31.9 Å². The Labute approximate surface area is 156 Å². The molecule has 1 aliphatic rings. The first kappa shape index (κ1) is 18.5. The third-order valence-electron chi connectivity index (χ3n) is 4.99. The number of nitrogens with zero attached hydrogens (tertiary/aromatic N) is 2. The second-order valence-electron chi connectivity index (χ2n) is 6.95. The van der Waals surface area contributed by atoms with E-state index in [9.17, 15) is 4.79 Å². The van der Waals surface area contributed by atoms with E-state index in [1.54, 1.807) is 4.90 Å². The number of benzene rings is 2. The van der Waals surface area contributed by atoms with Crippen molar-refractivity contribution < 1.29 is 9.53 Å². The van der Waals surface area contributed by atoms with Crippen molar-refractivity contribution in [3.05, 3.63) is 70.8 Å². The second kappa shape index (κ2) is 8.37. The van der Waals surface area contributed by atoms with Crippen molar-refractivity contribution in [2.24, 2.45) is 0 Å². The number of ether oxygens (including phenoxy) is 1. The Balaban J connectivity index is 1.81. The van der Waals surface area contributed by atoms with Gasteiger partial charge in [0, 0.05) is 26.2 Å². The second-order valence-corrected chi connectivity index (χ2v) is 6.95. The fourth-order valence-corrected chi connectivity index (χ4v) is 3.49. The zero-order valence-corrected chi connectivity index (χ0v) is 15.9. The molecule has 1 saturated heterocycles. The third kappa shape index (κ3) is 4.25. The van der Waals surface area contributed by atoms with Gasteiger partial charge in [0.25, 0.3) is 0 Å². The molecule has 0 atom stereocenters. The molecule has 2 aromatic rings. The maximum atomic E-state index is 12.0. The highest BCUT2D eigenvalue weighted by Gasteiger charge is 2.28. The van der Waals surface area contributed by atoms with Crippen LogP contribution in [-0.4, -0.2) is 48.7 Å². The average molecular weight is 352 g/mol. The molecule has 0 aliphatic carbocycles. The molecule has 0 spiro atoms. The Kier molecular flexibility index (Phi) is 5.94. The lowest BCUT2D eigenvalue weighted by Gasteiger charge is -2.39. The minimum atomic E-state index is -0.200. The van der Waals surface area contributed by atoms with E-state index < -0.39 is 0 Å². The number of piperazine rings is 1. The predicted octanol–water partition coefficient (Wildman–Crippen LogP) is 4.17. The number of hydrogen-bond donors (Lipinski definition) is 0. The largest absolute Gasteiger partial charge is 0.450 e. The van der Waals surface area contributed by atoms with E-state index in [0.29, 0.717) is 19.7 Å². The molecule has 1 fully saturated rings. The van der Waals surface area contributed by atoms with Gasteiger partial charge in [0.1, 0.15) is 0 Å². The van der Waals surface area contributed by atoms with Gasteiger partial charge in [0.05, 0.1) is 12.6 Å². The molecule has 138 valence electrons. The first-order valence-corrected chi connectivity index (χ1v) is 9.37. The van der Waals surface area contributed by atoms with Gasteiger partial charge in [-0.2, -0.15) is 0 Å². The van der Waals surface area contributed by atoms with Crippen LogP contribution in [0.3, 0.4) is 0 Å². The molecule has 0 radical (unpaired) electrons. The lowest BCUT2D eigenvalue weighted by atomic mass is 9.95. The fourth-order valence-electron chi connectivity index (χ4n) is 3.49. The van der Waals surface area contributed by atoms with Gasteiger partial charge in [-0.25, -0.2) is 4.79 Å². The van der Waals surface area contributed by atoms with Crippen LogP contribution in [0, 0.1) is 13.8 Å². The van der Waals surface area contributed by atoms with Crippen LogP contribution in [0.25, 0.3) is 0 Å². The van der Waals surface area contributed by atoms with Crippen molar-refractivity contribution in [3.8, 4) is 0 Å². The van der Waals surface area contributed by atoms with Crippen LogP contribution in [-0.2, 0) is 4.74 Å². The van der Waals surface area contributed by atoms with Crippen molar-refractivity contribution in [2.45, 2.75) is 26.8 Å². The van der Waals surface area contributed by atoms with Crippen LogP contribution in [0.15, 0.2) is 48.5 Å². The highest BCUT2D eigenvalue weighted by molar-refractivity contribution is 5.67. The van der Waals surface area contributed by atoms with Gasteiger partial charge < -0.3 is 9.64 Å². The lowest BCUT2D eigenvalue weighted by Crippen LogP contribution is -2.50. The SMILES string of the molecule is CCOC(=O)N1CCN(C(c2ccc(C)cc2)c2ccc(C)cc2)CC1. The smallest absolute Gasteiger partial charge is 0.409 e. The van der Waals surface area contributed by atoms with Gasteiger partial charge in [-0.1, -0.05) is 59.7 Å². The predicted molar refractivity (Wildman–Crippen MR) is 104 cm³/mol. The Morgan fingerprint density at radius 1 is 0.885 bits per heavy atom. The molecule has 1 aliphatic heterocycles. The van der Waals surface area contributed by atoms with E-state index in [2.05, 4.69) is 67.3 Å². The molecule has 0 bridgehead atoms. The lowest BCUT2D eigenvalue weighted by molar-refractivity contribution is 0.0715. The number of aryl methyl sites for hydroxylation is 2. The molecular formula is C22H28N2O2. The molecule has 0 N–H and O–H groups in total. The topological polar surface area (TPSA) is 32.8 Å². The number of hydrogen-bond acceptors (Lipinski definition) is 3. The number of amides is 1. The number of rotatable bonds is 4. The number of carbonyl (C=O) groups is 1. The molecule has 0 saturated carbocycles. The maximum absolute atomic E-state index is 12.0. The summed E-state index contributed by atoms with van der Waals surface area (Å²) < 4.78 is 5.14. The van der Waals surface area contributed by atoms with Crippen LogP contribution in [0.1, 0.15) is 35.2 Å². The molecule has 0 aromatic heterocycles. The van der Waals surface area contributed by atoms with Crippen molar-refractivity contribution in [3.63, 3.8) is 0 Å². The standard InChI is InChI=1S/C22H28N2O2/c1-4-26-22(25)24-15-13-23(14-16-24)21(19-9-5-17(2)6-10-19)20-11-7-18(3)8-12-20/h5-12,21H,4,13-16H2,1-3H3. The third-order valence-corrected chi connectivity index (χ3v) is 4.99. The molecule has 26 heavy (non-hydrogen) atoms. The molecular weight excluding hydrogens is 324 g/mol. The summed E-state index contributed by atoms with van der Waals surface area (Å²) in [6, 6.07) is 17.8. The minimum absolute atomic E-state index is 0.200. The number of carbonyl (C=O) groups excluding carboxylic acids is 1. The molecule has 2 aromatic carbocycles. The van der Waals surface area contributed by atoms with Crippen LogP contribution >= 0.6 is 0 Å². The van der Waals surface area contributed by atoms with Crippen molar-refractivity contribution in [1.29, 1.82) is 0 Å². The Bertz CT molecular complexity index is 671. The Hall–Kier alpha value is -2.33. The maximum Gasteiger partial charge on any atom is 0.409 e. The summed E-state index contributed by atoms with van der Waals surface area (Å²) in [7, 11) is 0. The van der Waals surface area contributed by atoms with Gasteiger partial charge >= 0.3 is 6.09 Å². The first-order chi connectivity index (χ1) is 12.6. The van der Waals surface area contributed by atoms with Crippen molar-refractivity contribution >= 4 is 6.09 Å². The van der Waals surface area contributed by atoms with E-state index in [4.69, 9.17) is 4.74 Å². The van der Waals surface area contributed by atoms with Gasteiger partial charge in [-0.15, -0.1) is 0 Å². The highest BCUT2D eigenvalue weighted by Crippen LogP contribution is 2.30. The average Bonchev–Trinajstić information content (AvgIpc) is 2.66. The normalized spacial score (nSPS) is 15.3. The quantitative estimate of drug-likeness (QED) is 0.828. The van der Waals surface area contributed by atoms with Gasteiger partial charge in [0.15, 0.2) is 0 Å². The van der Waals surface area contributed by atoms with Gasteiger partial charge in [0.2, 0.25) is 0 Å². The monoisotopic (exact) mass is 352 g/mol. The van der Waals surface area contributed by atoms with Crippen LogP contribution < -0.4 is 0 Å². The summed E-state index contributed by atoms with van der Waals surface area (Å²) in [5.41, 5.74) is 5.13. The molecule has 1 amide bonds. The van der Waals surface area contributed by atoms with Crippen molar-refractivity contribution in [1.82, 2.24) is 9.80 Å². The van der Waals surface area contributed by atoms with Gasteiger partial charge in [-0.3, -0.25) is 4.90 Å². The summed E-state index contributed by atoms with van der Waals surface area (Å²) >= 11 is 0. The zero-order valence-electron chi connectivity index (χ0n) is 15.9. The molecule has 3 rings (SSSR count). The highest BCUT2D eigenvalue weighted by atomic mass is 16.6. The van der Waals surface area contributed by atoms with E-state index in [0.717, 1.165) is 13.1 Å². The summed E-state index contributed by atoms with van der Waals surface area (Å²) in [4.78, 5) is 16.2. The van der Waals surface area contributed by atoms with E-state index in [1.807, 2.05) is 6.92 Å². The zero-order chi connectivity index (χ0) is 18.5. The van der Waals surface area contributed by atoms with E-state index in [-0.39, 0.29) is 12.1 Å². The molecule has 4 nitrogen and oxygen atoms in total. The van der Waals surface area contributed by atoms with E-state index in [1.165, 1.54) is 22.3 Å². The summed E-state index contributed by atoms with van der Waals surface area (Å²) in [6.45, 7) is 9.58. The Morgan fingerprint density at radius 3 is 1.77 bits per heavy atom. The Morgan fingerprint density at radius 2 is 1.35 bits per heavy atom. The van der Waals surface area contributed by atoms with E-state index >= 15 is 0 Å². The summed E-state index contributed by atoms with van der Waals surface area (Å²) in [5, 5.41) is 0. The molecule has 0 unspecified atom stereocenters. The van der Waals surface area contributed by atoms with Crippen LogP contribution in [0.2, 0.25) is 0 Å². The molecule has 4 heteroatoms. The summed E-state index contributed by atoms with van der Waals surface area (Å²) in [6.07, 6.45) is -0.200.